The van der Waals surface area contributed by atoms with Gasteiger partial charge in [-0.3, -0.25) is 4.79 Å². The fourth-order valence-corrected chi connectivity index (χ4v) is 3.34. The first-order chi connectivity index (χ1) is 15.1. The van der Waals surface area contributed by atoms with Crippen LogP contribution >= 0.6 is 0 Å². The minimum atomic E-state index is -0.373. The molecule has 0 spiro atoms. The van der Waals surface area contributed by atoms with Crippen LogP contribution in [-0.2, 0) is 11.2 Å². The highest BCUT2D eigenvalue weighted by atomic mass is 19.1. The van der Waals surface area contributed by atoms with Gasteiger partial charge in [-0.15, -0.1) is 0 Å². The number of benzene rings is 2. The highest BCUT2D eigenvalue weighted by molar-refractivity contribution is 5.76. The van der Waals surface area contributed by atoms with E-state index in [9.17, 15) is 9.18 Å². The fourth-order valence-electron chi connectivity index (χ4n) is 3.34. The quantitative estimate of drug-likeness (QED) is 0.418. The third kappa shape index (κ3) is 4.88. The van der Waals surface area contributed by atoms with Crippen molar-refractivity contribution in [3.8, 4) is 22.6 Å². The zero-order valence-corrected chi connectivity index (χ0v) is 17.1. The van der Waals surface area contributed by atoms with Crippen molar-refractivity contribution in [2.24, 2.45) is 0 Å². The molecule has 7 heteroatoms. The molecule has 1 amide bonds. The van der Waals surface area contributed by atoms with Crippen LogP contribution in [0.2, 0.25) is 0 Å². The maximum atomic E-state index is 13.9. The zero-order chi connectivity index (χ0) is 21.6. The number of carbonyl (C=O) groups excluding carboxylic acids is 1. The lowest BCUT2D eigenvalue weighted by Crippen LogP contribution is -2.29. The van der Waals surface area contributed by atoms with Crippen LogP contribution in [0.4, 0.5) is 4.39 Å². The van der Waals surface area contributed by atoms with E-state index in [0.29, 0.717) is 35.9 Å². The molecule has 0 bridgehead atoms. The van der Waals surface area contributed by atoms with Crippen molar-refractivity contribution in [1.82, 2.24) is 20.3 Å². The first-order valence-electron chi connectivity index (χ1n) is 10.2. The summed E-state index contributed by atoms with van der Waals surface area (Å²) in [5, 5.41) is 3.00. The van der Waals surface area contributed by atoms with E-state index in [1.807, 2.05) is 37.3 Å². The summed E-state index contributed by atoms with van der Waals surface area (Å²) in [7, 11) is 0. The fraction of sp³-hybridized carbons (Fsp3) is 0.208. The molecule has 2 N–H and O–H groups in total. The van der Waals surface area contributed by atoms with Gasteiger partial charge in [-0.05, 0) is 24.1 Å². The van der Waals surface area contributed by atoms with Crippen molar-refractivity contribution >= 4 is 5.91 Å². The van der Waals surface area contributed by atoms with Gasteiger partial charge < -0.3 is 14.7 Å². The predicted octanol–water partition coefficient (Wildman–Crippen LogP) is 5.07. The molecule has 0 aliphatic carbocycles. The number of hydrogen-bond donors (Lipinski definition) is 2. The lowest BCUT2D eigenvalue weighted by molar-refractivity contribution is -0.122. The molecule has 6 nitrogen and oxygen atoms in total. The summed E-state index contributed by atoms with van der Waals surface area (Å²) in [6, 6.07) is 16.0. The van der Waals surface area contributed by atoms with Crippen LogP contribution in [0, 0.1) is 5.82 Å². The molecule has 1 unspecified atom stereocenters. The van der Waals surface area contributed by atoms with Crippen molar-refractivity contribution in [1.29, 1.82) is 0 Å². The number of aryl methyl sites for hydroxylation is 1. The third-order valence-corrected chi connectivity index (χ3v) is 5.01. The van der Waals surface area contributed by atoms with Crippen LogP contribution < -0.4 is 5.32 Å². The average Bonchev–Trinajstić information content (AvgIpc) is 3.47. The number of imidazole rings is 1. The standard InChI is InChI=1S/C24H23FN4O2/c1-2-19(24-27-14-20(29-24)16-8-4-3-5-9-16)28-22(30)12-13-23-26-15-21(31-23)17-10-6-7-11-18(17)25/h3-11,14-15,19H,2,12-13H2,1H3,(H,27,29)(H,28,30). The number of oxazole rings is 1. The second kappa shape index (κ2) is 9.38. The number of aromatic nitrogens is 3. The van der Waals surface area contributed by atoms with E-state index >= 15 is 0 Å². The van der Waals surface area contributed by atoms with Gasteiger partial charge in [-0.1, -0.05) is 49.4 Å². The largest absolute Gasteiger partial charge is 0.441 e. The molecule has 31 heavy (non-hydrogen) atoms. The molecule has 4 rings (SSSR count). The van der Waals surface area contributed by atoms with Gasteiger partial charge in [0.2, 0.25) is 5.91 Å². The van der Waals surface area contributed by atoms with E-state index in [0.717, 1.165) is 11.3 Å². The third-order valence-electron chi connectivity index (χ3n) is 5.01. The molecule has 0 saturated carbocycles. The Balaban J connectivity index is 1.35. The van der Waals surface area contributed by atoms with Crippen LogP contribution in [0.25, 0.3) is 22.6 Å². The first-order valence-corrected chi connectivity index (χ1v) is 10.2. The lowest BCUT2D eigenvalue weighted by atomic mass is 10.2. The van der Waals surface area contributed by atoms with E-state index in [2.05, 4.69) is 20.3 Å². The van der Waals surface area contributed by atoms with Gasteiger partial charge in [0.15, 0.2) is 11.7 Å². The second-order valence-corrected chi connectivity index (χ2v) is 7.17. The van der Waals surface area contributed by atoms with Crippen LogP contribution in [-0.4, -0.2) is 20.9 Å². The maximum absolute atomic E-state index is 13.9. The number of carbonyl (C=O) groups is 1. The predicted molar refractivity (Wildman–Crippen MR) is 115 cm³/mol. The van der Waals surface area contributed by atoms with Gasteiger partial charge in [0.1, 0.15) is 11.6 Å². The summed E-state index contributed by atoms with van der Waals surface area (Å²) < 4.78 is 19.5. The Morgan fingerprint density at radius 1 is 1.10 bits per heavy atom. The molecule has 158 valence electrons. The summed E-state index contributed by atoms with van der Waals surface area (Å²) in [5.41, 5.74) is 2.30. The average molecular weight is 418 g/mol. The number of H-pyrrole nitrogens is 1. The Kier molecular flexibility index (Phi) is 6.21. The van der Waals surface area contributed by atoms with Crippen LogP contribution in [0.15, 0.2) is 71.4 Å². The Morgan fingerprint density at radius 2 is 1.87 bits per heavy atom. The second-order valence-electron chi connectivity index (χ2n) is 7.17. The summed E-state index contributed by atoms with van der Waals surface area (Å²) in [5.74, 6) is 0.958. The summed E-state index contributed by atoms with van der Waals surface area (Å²) in [6.45, 7) is 1.99. The maximum Gasteiger partial charge on any atom is 0.221 e. The monoisotopic (exact) mass is 418 g/mol. The number of amides is 1. The smallest absolute Gasteiger partial charge is 0.221 e. The molecule has 2 aromatic heterocycles. The van der Waals surface area contributed by atoms with Gasteiger partial charge in [-0.2, -0.15) is 0 Å². The van der Waals surface area contributed by atoms with Gasteiger partial charge in [0, 0.05) is 12.8 Å². The van der Waals surface area contributed by atoms with Gasteiger partial charge in [-0.25, -0.2) is 14.4 Å². The summed E-state index contributed by atoms with van der Waals surface area (Å²) in [4.78, 5) is 24.4. The van der Waals surface area contributed by atoms with Gasteiger partial charge in [0.25, 0.3) is 0 Å². The van der Waals surface area contributed by atoms with Crippen molar-refractivity contribution in [2.45, 2.75) is 32.2 Å². The van der Waals surface area contributed by atoms with E-state index in [1.54, 1.807) is 24.4 Å². The normalized spacial score (nSPS) is 11.9. The van der Waals surface area contributed by atoms with Crippen molar-refractivity contribution in [3.05, 3.63) is 84.5 Å². The lowest BCUT2D eigenvalue weighted by Gasteiger charge is -2.14. The topological polar surface area (TPSA) is 83.8 Å². The number of aromatic amines is 1. The molecular formula is C24H23FN4O2. The summed E-state index contributed by atoms with van der Waals surface area (Å²) >= 11 is 0. The summed E-state index contributed by atoms with van der Waals surface area (Å²) in [6.07, 6.45) is 4.49. The number of nitrogens with zero attached hydrogens (tertiary/aromatic N) is 2. The Labute approximate surface area is 179 Å². The van der Waals surface area contributed by atoms with Gasteiger partial charge in [0.05, 0.1) is 29.7 Å². The Morgan fingerprint density at radius 3 is 2.65 bits per heavy atom. The van der Waals surface area contributed by atoms with E-state index in [4.69, 9.17) is 4.42 Å². The molecule has 1 atom stereocenters. The molecule has 0 radical (unpaired) electrons. The van der Waals surface area contributed by atoms with Gasteiger partial charge >= 0.3 is 0 Å². The minimum Gasteiger partial charge on any atom is -0.441 e. The molecule has 0 aliphatic rings. The van der Waals surface area contributed by atoms with E-state index < -0.39 is 0 Å². The molecule has 2 heterocycles. The Bertz CT molecular complexity index is 1150. The van der Waals surface area contributed by atoms with Crippen LogP contribution in [0.3, 0.4) is 0 Å². The Hall–Kier alpha value is -3.74. The number of hydrogen-bond acceptors (Lipinski definition) is 4. The van der Waals surface area contributed by atoms with Crippen LogP contribution in [0.1, 0.15) is 37.5 Å². The first kappa shape index (κ1) is 20.5. The molecule has 0 fully saturated rings. The molecule has 2 aromatic carbocycles. The zero-order valence-electron chi connectivity index (χ0n) is 17.1. The number of halogens is 1. The van der Waals surface area contributed by atoms with Crippen molar-refractivity contribution < 1.29 is 13.6 Å². The molecule has 0 aliphatic heterocycles. The van der Waals surface area contributed by atoms with Crippen molar-refractivity contribution in [2.75, 3.05) is 0 Å². The molecular weight excluding hydrogens is 395 g/mol. The SMILES string of the molecule is CCC(NC(=O)CCc1ncc(-c2ccccc2F)o1)c1ncc(-c2ccccc2)[nH]1. The molecule has 4 aromatic rings. The number of rotatable bonds is 8. The number of nitrogens with one attached hydrogen (secondary N) is 2. The van der Waals surface area contributed by atoms with Crippen LogP contribution in [0.5, 0.6) is 0 Å². The molecule has 0 saturated heterocycles. The highest BCUT2D eigenvalue weighted by Crippen LogP contribution is 2.24. The minimum absolute atomic E-state index is 0.129. The van der Waals surface area contributed by atoms with E-state index in [-0.39, 0.29) is 24.2 Å². The van der Waals surface area contributed by atoms with Crippen molar-refractivity contribution in [3.63, 3.8) is 0 Å². The van der Waals surface area contributed by atoms with E-state index in [1.165, 1.54) is 12.3 Å². The highest BCUT2D eigenvalue weighted by Gasteiger charge is 2.17.